The third kappa shape index (κ3) is 5.66. The molecule has 5 nitrogen and oxygen atoms in total. The SMILES string of the molecule is CS(=O)(=O)CCC(N)C(=O)Nc1cc(F)ccc1Br. The van der Waals surface area contributed by atoms with Gasteiger partial charge in [-0.1, -0.05) is 0 Å². The molecule has 0 aliphatic heterocycles. The van der Waals surface area contributed by atoms with Gasteiger partial charge in [0.1, 0.15) is 15.7 Å². The second-order valence-corrected chi connectivity index (χ2v) is 7.25. The molecule has 0 radical (unpaired) electrons. The minimum absolute atomic E-state index is 0.0115. The van der Waals surface area contributed by atoms with E-state index >= 15 is 0 Å². The summed E-state index contributed by atoms with van der Waals surface area (Å²) in [6, 6.07) is 2.87. The molecular formula is C11H14BrFN2O3S. The first-order valence-corrected chi connectivity index (χ1v) is 8.23. The highest BCUT2D eigenvalue weighted by molar-refractivity contribution is 9.10. The van der Waals surface area contributed by atoms with Crippen molar-refractivity contribution in [3.63, 3.8) is 0 Å². The van der Waals surface area contributed by atoms with E-state index in [9.17, 15) is 17.6 Å². The molecule has 0 aliphatic carbocycles. The Morgan fingerprint density at radius 1 is 1.53 bits per heavy atom. The Morgan fingerprint density at radius 3 is 2.74 bits per heavy atom. The number of sulfone groups is 1. The van der Waals surface area contributed by atoms with Crippen molar-refractivity contribution in [2.75, 3.05) is 17.3 Å². The lowest BCUT2D eigenvalue weighted by molar-refractivity contribution is -0.117. The van der Waals surface area contributed by atoms with Gasteiger partial charge in [-0.15, -0.1) is 0 Å². The van der Waals surface area contributed by atoms with Gasteiger partial charge in [0.15, 0.2) is 0 Å². The second kappa shape index (κ2) is 6.44. The summed E-state index contributed by atoms with van der Waals surface area (Å²) in [4.78, 5) is 11.7. The molecular weight excluding hydrogens is 339 g/mol. The third-order valence-corrected chi connectivity index (χ3v) is 3.99. The van der Waals surface area contributed by atoms with Crippen LogP contribution in [0.5, 0.6) is 0 Å². The van der Waals surface area contributed by atoms with Gasteiger partial charge in [0.05, 0.1) is 17.5 Å². The molecule has 1 amide bonds. The largest absolute Gasteiger partial charge is 0.324 e. The van der Waals surface area contributed by atoms with Gasteiger partial charge in [-0.25, -0.2) is 12.8 Å². The van der Waals surface area contributed by atoms with Crippen molar-refractivity contribution in [2.45, 2.75) is 12.5 Å². The molecule has 0 aromatic heterocycles. The Labute approximate surface area is 119 Å². The van der Waals surface area contributed by atoms with Crippen molar-refractivity contribution in [1.29, 1.82) is 0 Å². The molecule has 1 atom stereocenters. The highest BCUT2D eigenvalue weighted by Gasteiger charge is 2.17. The first kappa shape index (κ1) is 16.1. The van der Waals surface area contributed by atoms with Gasteiger partial charge in [0.25, 0.3) is 0 Å². The molecule has 19 heavy (non-hydrogen) atoms. The number of amides is 1. The number of nitrogens with two attached hydrogens (primary N) is 1. The van der Waals surface area contributed by atoms with E-state index < -0.39 is 27.6 Å². The Bertz CT molecular complexity index is 577. The van der Waals surface area contributed by atoms with Crippen LogP contribution in [0.3, 0.4) is 0 Å². The number of halogens is 2. The van der Waals surface area contributed by atoms with E-state index in [4.69, 9.17) is 5.73 Å². The smallest absolute Gasteiger partial charge is 0.241 e. The van der Waals surface area contributed by atoms with E-state index in [1.165, 1.54) is 12.1 Å². The normalized spacial score (nSPS) is 13.1. The minimum Gasteiger partial charge on any atom is -0.324 e. The highest BCUT2D eigenvalue weighted by Crippen LogP contribution is 2.23. The maximum absolute atomic E-state index is 13.0. The van der Waals surface area contributed by atoms with Gasteiger partial charge in [0, 0.05) is 10.7 Å². The van der Waals surface area contributed by atoms with Crippen LogP contribution in [0.1, 0.15) is 6.42 Å². The van der Waals surface area contributed by atoms with E-state index in [1.807, 2.05) is 0 Å². The molecule has 0 saturated carbocycles. The van der Waals surface area contributed by atoms with E-state index in [-0.39, 0.29) is 17.9 Å². The molecule has 0 spiro atoms. The quantitative estimate of drug-likeness (QED) is 0.835. The lowest BCUT2D eigenvalue weighted by Gasteiger charge is -2.12. The number of nitrogens with one attached hydrogen (secondary N) is 1. The summed E-state index contributed by atoms with van der Waals surface area (Å²) >= 11 is 3.16. The zero-order chi connectivity index (χ0) is 14.6. The predicted octanol–water partition coefficient (Wildman–Crippen LogP) is 1.29. The van der Waals surface area contributed by atoms with Crippen LogP contribution in [0.15, 0.2) is 22.7 Å². The average molecular weight is 353 g/mol. The number of carbonyl (C=O) groups is 1. The molecule has 0 aliphatic rings. The number of benzene rings is 1. The molecule has 8 heteroatoms. The monoisotopic (exact) mass is 352 g/mol. The molecule has 1 unspecified atom stereocenters. The first-order valence-electron chi connectivity index (χ1n) is 5.38. The van der Waals surface area contributed by atoms with Crippen LogP contribution in [0, 0.1) is 5.82 Å². The standard InChI is InChI=1S/C11H14BrFN2O3S/c1-19(17,18)5-4-9(14)11(16)15-10-6-7(13)2-3-8(10)12/h2-3,6,9H,4-5,14H2,1H3,(H,15,16). The van der Waals surface area contributed by atoms with Gasteiger partial charge >= 0.3 is 0 Å². The van der Waals surface area contributed by atoms with Crippen LogP contribution in [0.4, 0.5) is 10.1 Å². The van der Waals surface area contributed by atoms with Gasteiger partial charge < -0.3 is 11.1 Å². The fourth-order valence-corrected chi connectivity index (χ4v) is 2.32. The van der Waals surface area contributed by atoms with Crippen molar-refractivity contribution >= 4 is 37.4 Å². The fraction of sp³-hybridized carbons (Fsp3) is 0.364. The molecule has 106 valence electrons. The first-order chi connectivity index (χ1) is 8.69. The maximum Gasteiger partial charge on any atom is 0.241 e. The summed E-state index contributed by atoms with van der Waals surface area (Å²) in [6.45, 7) is 0. The Morgan fingerprint density at radius 2 is 2.16 bits per heavy atom. The van der Waals surface area contributed by atoms with Crippen molar-refractivity contribution in [3.8, 4) is 0 Å². The number of carbonyl (C=O) groups excluding carboxylic acids is 1. The Balaban J connectivity index is 2.66. The van der Waals surface area contributed by atoms with Gasteiger partial charge in [-0.2, -0.15) is 0 Å². The molecule has 1 aromatic rings. The van der Waals surface area contributed by atoms with Gasteiger partial charge in [0.2, 0.25) is 5.91 Å². The molecule has 1 aromatic carbocycles. The minimum atomic E-state index is -3.17. The average Bonchev–Trinajstić information content (AvgIpc) is 2.29. The van der Waals surface area contributed by atoms with E-state index in [0.29, 0.717) is 4.47 Å². The fourth-order valence-electron chi connectivity index (χ4n) is 1.29. The van der Waals surface area contributed by atoms with E-state index in [2.05, 4.69) is 21.2 Å². The molecule has 0 bridgehead atoms. The summed E-state index contributed by atoms with van der Waals surface area (Å²) in [5.74, 6) is -1.23. The van der Waals surface area contributed by atoms with Crippen molar-refractivity contribution in [3.05, 3.63) is 28.5 Å². The molecule has 0 saturated heterocycles. The zero-order valence-electron chi connectivity index (χ0n) is 10.2. The number of anilines is 1. The zero-order valence-corrected chi connectivity index (χ0v) is 12.6. The lowest BCUT2D eigenvalue weighted by Crippen LogP contribution is -2.37. The summed E-state index contributed by atoms with van der Waals surface area (Å²) in [6.07, 6.45) is 1.08. The van der Waals surface area contributed by atoms with E-state index in [0.717, 1.165) is 12.3 Å². The number of hydrogen-bond donors (Lipinski definition) is 2. The highest BCUT2D eigenvalue weighted by atomic mass is 79.9. The molecule has 0 heterocycles. The molecule has 0 fully saturated rings. The van der Waals surface area contributed by atoms with Crippen LogP contribution in [0.25, 0.3) is 0 Å². The van der Waals surface area contributed by atoms with Crippen LogP contribution in [0.2, 0.25) is 0 Å². The van der Waals surface area contributed by atoms with Crippen molar-refractivity contribution in [1.82, 2.24) is 0 Å². The van der Waals surface area contributed by atoms with Crippen LogP contribution in [-0.4, -0.2) is 32.4 Å². The number of rotatable bonds is 5. The summed E-state index contributed by atoms with van der Waals surface area (Å²) in [5, 5.41) is 2.44. The van der Waals surface area contributed by atoms with Gasteiger partial charge in [-0.05, 0) is 40.5 Å². The van der Waals surface area contributed by atoms with Crippen molar-refractivity contribution < 1.29 is 17.6 Å². The van der Waals surface area contributed by atoms with Crippen LogP contribution < -0.4 is 11.1 Å². The Hall–Kier alpha value is -0.990. The summed E-state index contributed by atoms with van der Waals surface area (Å²) < 4.78 is 35.5. The predicted molar refractivity (Wildman–Crippen MR) is 75.0 cm³/mol. The molecule has 3 N–H and O–H groups in total. The summed E-state index contributed by atoms with van der Waals surface area (Å²) in [5.41, 5.74) is 5.82. The van der Waals surface area contributed by atoms with Crippen LogP contribution in [-0.2, 0) is 14.6 Å². The Kier molecular flexibility index (Phi) is 5.45. The lowest BCUT2D eigenvalue weighted by atomic mass is 10.2. The molecule has 1 rings (SSSR count). The van der Waals surface area contributed by atoms with E-state index in [1.54, 1.807) is 0 Å². The van der Waals surface area contributed by atoms with Gasteiger partial charge in [-0.3, -0.25) is 4.79 Å². The number of hydrogen-bond acceptors (Lipinski definition) is 4. The summed E-state index contributed by atoms with van der Waals surface area (Å²) in [7, 11) is -3.17. The maximum atomic E-state index is 13.0. The van der Waals surface area contributed by atoms with Crippen molar-refractivity contribution in [2.24, 2.45) is 5.73 Å². The second-order valence-electron chi connectivity index (χ2n) is 4.14. The topological polar surface area (TPSA) is 89.3 Å². The third-order valence-electron chi connectivity index (χ3n) is 2.32. The van der Waals surface area contributed by atoms with Crippen LogP contribution >= 0.6 is 15.9 Å².